The van der Waals surface area contributed by atoms with Crippen LogP contribution in [0.3, 0.4) is 0 Å². The van der Waals surface area contributed by atoms with Crippen molar-refractivity contribution in [3.8, 4) is 11.4 Å². The fourth-order valence-electron chi connectivity index (χ4n) is 2.55. The van der Waals surface area contributed by atoms with Crippen LogP contribution < -0.4 is 5.73 Å². The monoisotopic (exact) mass is 319 g/mol. The molecule has 0 saturated heterocycles. The van der Waals surface area contributed by atoms with Crippen molar-refractivity contribution >= 4 is 11.0 Å². The molecule has 1 aromatic heterocycles. The lowest BCUT2D eigenvalue weighted by Crippen LogP contribution is -2.37. The first-order valence-electron chi connectivity index (χ1n) is 7.16. The number of nitrogens with two attached hydrogens (primary N) is 1. The lowest BCUT2D eigenvalue weighted by molar-refractivity contribution is 0.437. The number of benzene rings is 2. The van der Waals surface area contributed by atoms with Crippen LogP contribution in [-0.2, 0) is 6.54 Å². The van der Waals surface area contributed by atoms with Crippen LogP contribution in [0.5, 0.6) is 0 Å². The Morgan fingerprint density at radius 3 is 2.43 bits per heavy atom. The van der Waals surface area contributed by atoms with Crippen molar-refractivity contribution in [2.24, 2.45) is 5.73 Å². The number of aromatic nitrogens is 2. The molecule has 0 spiro atoms. The molecule has 0 saturated carbocycles. The molecule has 2 N–H and O–H groups in total. The number of para-hydroxylation sites is 2. The molecular weight excluding hydrogens is 303 g/mol. The summed E-state index contributed by atoms with van der Waals surface area (Å²) < 4.78 is 42.7. The Balaban J connectivity index is 2.29. The molecule has 3 nitrogen and oxygen atoms in total. The highest BCUT2D eigenvalue weighted by atomic mass is 19.2. The molecule has 0 radical (unpaired) electrons. The molecule has 0 aliphatic heterocycles. The number of rotatable bonds is 3. The van der Waals surface area contributed by atoms with Gasteiger partial charge in [0.1, 0.15) is 5.82 Å². The maximum atomic E-state index is 14.2. The Hall–Kier alpha value is -2.34. The van der Waals surface area contributed by atoms with Crippen molar-refractivity contribution in [1.29, 1.82) is 0 Å². The second kappa shape index (κ2) is 5.38. The molecule has 120 valence electrons. The van der Waals surface area contributed by atoms with E-state index in [2.05, 4.69) is 4.98 Å². The van der Waals surface area contributed by atoms with Crippen LogP contribution in [0.25, 0.3) is 22.4 Å². The van der Waals surface area contributed by atoms with Crippen LogP contribution >= 0.6 is 0 Å². The van der Waals surface area contributed by atoms with E-state index in [1.807, 2.05) is 26.0 Å². The average molecular weight is 319 g/mol. The Bertz CT molecular complexity index is 879. The average Bonchev–Trinajstić information content (AvgIpc) is 2.82. The van der Waals surface area contributed by atoms with E-state index in [9.17, 15) is 13.2 Å². The summed E-state index contributed by atoms with van der Waals surface area (Å²) in [4.78, 5) is 4.38. The van der Waals surface area contributed by atoms with Crippen LogP contribution in [0.4, 0.5) is 13.2 Å². The number of hydrogen-bond acceptors (Lipinski definition) is 2. The van der Waals surface area contributed by atoms with Crippen molar-refractivity contribution in [3.63, 3.8) is 0 Å². The zero-order valence-corrected chi connectivity index (χ0v) is 12.8. The lowest BCUT2D eigenvalue weighted by Gasteiger charge is -2.21. The molecule has 0 amide bonds. The van der Waals surface area contributed by atoms with E-state index < -0.39 is 23.0 Å². The molecule has 2 aromatic carbocycles. The van der Waals surface area contributed by atoms with Gasteiger partial charge < -0.3 is 10.3 Å². The number of imidazole rings is 1. The molecule has 0 bridgehead atoms. The van der Waals surface area contributed by atoms with Crippen molar-refractivity contribution in [3.05, 3.63) is 53.8 Å². The summed E-state index contributed by atoms with van der Waals surface area (Å²) in [5.41, 5.74) is 6.79. The smallest absolute Gasteiger partial charge is 0.195 e. The largest absolute Gasteiger partial charge is 0.324 e. The molecule has 0 aliphatic carbocycles. The Morgan fingerprint density at radius 1 is 1.04 bits per heavy atom. The van der Waals surface area contributed by atoms with E-state index in [-0.39, 0.29) is 11.4 Å². The van der Waals surface area contributed by atoms with E-state index in [0.717, 1.165) is 11.6 Å². The normalized spacial score (nSPS) is 12.1. The third kappa shape index (κ3) is 2.82. The summed E-state index contributed by atoms with van der Waals surface area (Å²) in [7, 11) is 0. The van der Waals surface area contributed by atoms with Crippen LogP contribution in [0.1, 0.15) is 13.8 Å². The molecule has 3 rings (SSSR count). The lowest BCUT2D eigenvalue weighted by atomic mass is 10.1. The maximum absolute atomic E-state index is 14.2. The second-order valence-corrected chi connectivity index (χ2v) is 6.22. The van der Waals surface area contributed by atoms with Gasteiger partial charge in [-0.2, -0.15) is 0 Å². The number of fused-ring (bicyclic) bond motifs is 1. The molecule has 0 aliphatic rings. The molecule has 1 heterocycles. The van der Waals surface area contributed by atoms with Gasteiger partial charge in [-0.05, 0) is 38.1 Å². The predicted octanol–water partition coefficient (Wildman–Crippen LogP) is 3.86. The van der Waals surface area contributed by atoms with Crippen LogP contribution in [0.15, 0.2) is 36.4 Å². The van der Waals surface area contributed by atoms with Gasteiger partial charge in [0.15, 0.2) is 17.5 Å². The molecular formula is C17H16F3N3. The summed E-state index contributed by atoms with van der Waals surface area (Å²) in [6.07, 6.45) is 0. The standard InChI is InChI=1S/C17H16F3N3/c1-17(2,21)9-23-13-6-4-3-5-12(13)22-16(23)10-7-8-11(18)15(20)14(10)19/h3-8H,9,21H2,1-2H3. The fraction of sp³-hybridized carbons (Fsp3) is 0.235. The summed E-state index contributed by atoms with van der Waals surface area (Å²) in [6, 6.07) is 9.32. The van der Waals surface area contributed by atoms with Gasteiger partial charge in [-0.25, -0.2) is 18.2 Å². The predicted molar refractivity (Wildman–Crippen MR) is 83.3 cm³/mol. The number of halogens is 3. The molecule has 0 atom stereocenters. The van der Waals surface area contributed by atoms with Gasteiger partial charge in [-0.15, -0.1) is 0 Å². The Morgan fingerprint density at radius 2 is 1.74 bits per heavy atom. The topological polar surface area (TPSA) is 43.8 Å². The SMILES string of the molecule is CC(C)(N)Cn1c(-c2ccc(F)c(F)c2F)nc2ccccc21. The summed E-state index contributed by atoms with van der Waals surface area (Å²) in [5.74, 6) is -3.77. The summed E-state index contributed by atoms with van der Waals surface area (Å²) in [6.45, 7) is 4.00. The van der Waals surface area contributed by atoms with Gasteiger partial charge in [-0.1, -0.05) is 12.1 Å². The van der Waals surface area contributed by atoms with E-state index in [0.29, 0.717) is 12.1 Å². The third-order valence-electron chi connectivity index (χ3n) is 3.50. The summed E-state index contributed by atoms with van der Waals surface area (Å²) in [5, 5.41) is 0. The first-order valence-corrected chi connectivity index (χ1v) is 7.16. The van der Waals surface area contributed by atoms with Gasteiger partial charge in [0.2, 0.25) is 0 Å². The number of nitrogens with zero attached hydrogens (tertiary/aromatic N) is 2. The second-order valence-electron chi connectivity index (χ2n) is 6.22. The van der Waals surface area contributed by atoms with Crippen LogP contribution in [0, 0.1) is 17.5 Å². The van der Waals surface area contributed by atoms with Gasteiger partial charge in [0.25, 0.3) is 0 Å². The van der Waals surface area contributed by atoms with Crippen molar-refractivity contribution in [1.82, 2.24) is 9.55 Å². The minimum atomic E-state index is -1.51. The quantitative estimate of drug-likeness (QED) is 0.745. The van der Waals surface area contributed by atoms with E-state index in [4.69, 9.17) is 5.73 Å². The number of hydrogen-bond donors (Lipinski definition) is 1. The molecule has 0 fully saturated rings. The summed E-state index contributed by atoms with van der Waals surface area (Å²) >= 11 is 0. The third-order valence-corrected chi connectivity index (χ3v) is 3.50. The fourth-order valence-corrected chi connectivity index (χ4v) is 2.55. The molecule has 6 heteroatoms. The van der Waals surface area contributed by atoms with Crippen LogP contribution in [0.2, 0.25) is 0 Å². The first-order chi connectivity index (χ1) is 10.8. The van der Waals surface area contributed by atoms with Crippen molar-refractivity contribution in [2.75, 3.05) is 0 Å². The molecule has 3 aromatic rings. The Labute approximate surface area is 131 Å². The minimum Gasteiger partial charge on any atom is -0.324 e. The highest BCUT2D eigenvalue weighted by Gasteiger charge is 2.23. The minimum absolute atomic E-state index is 0.0932. The molecule has 23 heavy (non-hydrogen) atoms. The van der Waals surface area contributed by atoms with Gasteiger partial charge in [0.05, 0.1) is 16.6 Å². The maximum Gasteiger partial charge on any atom is 0.195 e. The van der Waals surface area contributed by atoms with Crippen molar-refractivity contribution in [2.45, 2.75) is 25.9 Å². The molecule has 0 unspecified atom stereocenters. The first kappa shape index (κ1) is 15.6. The van der Waals surface area contributed by atoms with Gasteiger partial charge >= 0.3 is 0 Å². The van der Waals surface area contributed by atoms with Gasteiger partial charge in [0, 0.05) is 12.1 Å². The van der Waals surface area contributed by atoms with Gasteiger partial charge in [-0.3, -0.25) is 0 Å². The Kier molecular flexibility index (Phi) is 3.64. The van der Waals surface area contributed by atoms with Crippen molar-refractivity contribution < 1.29 is 13.2 Å². The van der Waals surface area contributed by atoms with E-state index in [1.165, 1.54) is 6.07 Å². The van der Waals surface area contributed by atoms with Crippen LogP contribution in [-0.4, -0.2) is 15.1 Å². The van der Waals surface area contributed by atoms with E-state index >= 15 is 0 Å². The van der Waals surface area contributed by atoms with E-state index in [1.54, 1.807) is 16.7 Å². The zero-order chi connectivity index (χ0) is 16.8. The zero-order valence-electron chi connectivity index (χ0n) is 12.8. The highest BCUT2D eigenvalue weighted by molar-refractivity contribution is 5.80. The highest BCUT2D eigenvalue weighted by Crippen LogP contribution is 2.29.